The van der Waals surface area contributed by atoms with Crippen molar-refractivity contribution in [2.24, 2.45) is 0 Å². The van der Waals surface area contributed by atoms with Crippen molar-refractivity contribution in [3.05, 3.63) is 93.4 Å². The van der Waals surface area contributed by atoms with Crippen LogP contribution in [0.15, 0.2) is 74.6 Å². The number of aromatic carboxylic acids is 1. The monoisotopic (exact) mass is 454 g/mol. The van der Waals surface area contributed by atoms with Crippen LogP contribution in [0.25, 0.3) is 33.5 Å². The number of pyridine rings is 1. The van der Waals surface area contributed by atoms with Gasteiger partial charge in [-0.2, -0.15) is 0 Å². The first-order chi connectivity index (χ1) is 16.3. The van der Waals surface area contributed by atoms with Gasteiger partial charge >= 0.3 is 5.97 Å². The number of carbonyl (C=O) groups is 1. The van der Waals surface area contributed by atoms with Crippen LogP contribution in [-0.4, -0.2) is 16.1 Å². The molecule has 170 valence electrons. The van der Waals surface area contributed by atoms with Crippen molar-refractivity contribution in [2.45, 2.75) is 26.8 Å². The molecule has 2 N–H and O–H groups in total. The van der Waals surface area contributed by atoms with Gasteiger partial charge in [-0.15, -0.1) is 0 Å². The fourth-order valence-electron chi connectivity index (χ4n) is 4.23. The number of hydrogen-bond donors (Lipinski definition) is 2. The molecule has 0 aliphatic heterocycles. The molecule has 7 heteroatoms. The number of anilines is 1. The molecule has 0 aliphatic carbocycles. The first kappa shape index (κ1) is 21.5. The third kappa shape index (κ3) is 3.61. The first-order valence-corrected chi connectivity index (χ1v) is 10.8. The Hall–Kier alpha value is -4.39. The Kier molecular flexibility index (Phi) is 5.17. The maximum absolute atomic E-state index is 13.4. The fraction of sp³-hybridized carbons (Fsp3) is 0.148. The minimum absolute atomic E-state index is 0.141. The Balaban J connectivity index is 1.68. The highest BCUT2D eigenvalue weighted by atomic mass is 16.4. The van der Waals surface area contributed by atoms with Gasteiger partial charge in [0.1, 0.15) is 11.2 Å². The Morgan fingerprint density at radius 2 is 1.88 bits per heavy atom. The van der Waals surface area contributed by atoms with Gasteiger partial charge in [0.15, 0.2) is 16.9 Å². The quantitative estimate of drug-likeness (QED) is 0.331. The summed E-state index contributed by atoms with van der Waals surface area (Å²) in [5.74, 6) is -0.215. The minimum atomic E-state index is -1.02. The van der Waals surface area contributed by atoms with Crippen LogP contribution in [0.5, 0.6) is 0 Å². The van der Waals surface area contributed by atoms with Gasteiger partial charge in [0, 0.05) is 34.6 Å². The largest absolute Gasteiger partial charge is 0.478 e. The molecule has 0 amide bonds. The lowest BCUT2D eigenvalue weighted by molar-refractivity contribution is 0.0698. The molecule has 3 aromatic heterocycles. The standard InChI is InChI=1S/C27H22N2O5/c1-14-10-19(16(3)29-21-7-5-4-6-18(21)27(31)32)26-20(11-14)24(30)15(2)25(34-26)23-12-17-13-28-9-8-22(17)33-23/h4-13,16,29H,1-3H3,(H,31,32). The summed E-state index contributed by atoms with van der Waals surface area (Å²) in [6, 6.07) is 13.7. The van der Waals surface area contributed by atoms with E-state index in [0.717, 1.165) is 16.5 Å². The predicted molar refractivity (Wildman–Crippen MR) is 130 cm³/mol. The molecular weight excluding hydrogens is 432 g/mol. The zero-order valence-corrected chi connectivity index (χ0v) is 18.9. The average molecular weight is 454 g/mol. The van der Waals surface area contributed by atoms with Crippen molar-refractivity contribution in [3.63, 3.8) is 0 Å². The number of furan rings is 1. The van der Waals surface area contributed by atoms with Crippen LogP contribution in [0, 0.1) is 13.8 Å². The zero-order chi connectivity index (χ0) is 24.0. The molecule has 0 spiro atoms. The van der Waals surface area contributed by atoms with Gasteiger partial charge in [0.05, 0.1) is 17.0 Å². The van der Waals surface area contributed by atoms with Gasteiger partial charge in [-0.05, 0) is 56.7 Å². The molecule has 0 saturated carbocycles. The maximum Gasteiger partial charge on any atom is 0.337 e. The summed E-state index contributed by atoms with van der Waals surface area (Å²) in [5.41, 5.74) is 3.69. The molecule has 5 rings (SSSR count). The van der Waals surface area contributed by atoms with Crippen LogP contribution < -0.4 is 10.7 Å². The normalized spacial score (nSPS) is 12.2. The van der Waals surface area contributed by atoms with Crippen LogP contribution in [0.3, 0.4) is 0 Å². The summed E-state index contributed by atoms with van der Waals surface area (Å²) in [7, 11) is 0. The number of aryl methyl sites for hydroxylation is 1. The van der Waals surface area contributed by atoms with E-state index in [-0.39, 0.29) is 17.0 Å². The molecule has 7 nitrogen and oxygen atoms in total. The molecule has 0 saturated heterocycles. The highest BCUT2D eigenvalue weighted by molar-refractivity contribution is 5.94. The molecule has 5 aromatic rings. The van der Waals surface area contributed by atoms with E-state index in [4.69, 9.17) is 8.83 Å². The smallest absolute Gasteiger partial charge is 0.337 e. The molecule has 0 bridgehead atoms. The Bertz CT molecular complexity index is 1600. The van der Waals surface area contributed by atoms with Crippen molar-refractivity contribution in [1.29, 1.82) is 0 Å². The summed E-state index contributed by atoms with van der Waals surface area (Å²) >= 11 is 0. The van der Waals surface area contributed by atoms with Crippen LogP contribution in [0.4, 0.5) is 5.69 Å². The number of carboxylic acids is 1. The number of hydrogen-bond acceptors (Lipinski definition) is 6. The Morgan fingerprint density at radius 1 is 1.09 bits per heavy atom. The minimum Gasteiger partial charge on any atom is -0.478 e. The van der Waals surface area contributed by atoms with Crippen LogP contribution in [0.1, 0.15) is 40.0 Å². The van der Waals surface area contributed by atoms with Gasteiger partial charge in [0.25, 0.3) is 0 Å². The van der Waals surface area contributed by atoms with Crippen LogP contribution in [-0.2, 0) is 0 Å². The van der Waals surface area contributed by atoms with E-state index in [1.54, 1.807) is 55.7 Å². The number of fused-ring (bicyclic) bond motifs is 2. The van der Waals surface area contributed by atoms with E-state index >= 15 is 0 Å². The van der Waals surface area contributed by atoms with E-state index in [1.165, 1.54) is 0 Å². The SMILES string of the molecule is Cc1cc(C(C)Nc2ccccc2C(=O)O)c2oc(-c3cc4cnccc4o3)c(C)c(=O)c2c1. The van der Waals surface area contributed by atoms with Crippen molar-refractivity contribution in [2.75, 3.05) is 5.32 Å². The highest BCUT2D eigenvalue weighted by Crippen LogP contribution is 2.34. The summed E-state index contributed by atoms with van der Waals surface area (Å²) < 4.78 is 12.3. The van der Waals surface area contributed by atoms with Crippen LogP contribution >= 0.6 is 0 Å². The molecule has 0 fully saturated rings. The molecule has 0 radical (unpaired) electrons. The van der Waals surface area contributed by atoms with Crippen LogP contribution in [0.2, 0.25) is 0 Å². The second-order valence-corrected chi connectivity index (χ2v) is 8.36. The summed E-state index contributed by atoms with van der Waals surface area (Å²) in [6.45, 7) is 5.54. The number of rotatable bonds is 5. The molecule has 1 atom stereocenters. The molecule has 2 aromatic carbocycles. The summed E-state index contributed by atoms with van der Waals surface area (Å²) in [5, 5.41) is 14.1. The van der Waals surface area contributed by atoms with Gasteiger partial charge < -0.3 is 19.3 Å². The molecule has 34 heavy (non-hydrogen) atoms. The lowest BCUT2D eigenvalue weighted by atomic mass is 9.99. The zero-order valence-electron chi connectivity index (χ0n) is 18.9. The maximum atomic E-state index is 13.4. The van der Waals surface area contributed by atoms with Crippen molar-refractivity contribution in [1.82, 2.24) is 4.98 Å². The van der Waals surface area contributed by atoms with E-state index < -0.39 is 5.97 Å². The first-order valence-electron chi connectivity index (χ1n) is 10.8. The summed E-state index contributed by atoms with van der Waals surface area (Å²) in [4.78, 5) is 29.1. The average Bonchev–Trinajstić information content (AvgIpc) is 3.25. The summed E-state index contributed by atoms with van der Waals surface area (Å²) in [6.07, 6.45) is 3.33. The Labute approximate surface area is 194 Å². The second-order valence-electron chi connectivity index (χ2n) is 8.36. The highest BCUT2D eigenvalue weighted by Gasteiger charge is 2.21. The molecule has 0 aliphatic rings. The topological polar surface area (TPSA) is 106 Å². The van der Waals surface area contributed by atoms with Gasteiger partial charge in [0.2, 0.25) is 0 Å². The number of benzene rings is 2. The third-order valence-electron chi connectivity index (χ3n) is 5.93. The molecule has 1 unspecified atom stereocenters. The number of nitrogens with one attached hydrogen (secondary N) is 1. The van der Waals surface area contributed by atoms with E-state index in [2.05, 4.69) is 10.3 Å². The van der Waals surface area contributed by atoms with Gasteiger partial charge in [-0.25, -0.2) is 4.79 Å². The second kappa shape index (κ2) is 8.19. The number of para-hydroxylation sites is 1. The van der Waals surface area contributed by atoms with E-state index in [9.17, 15) is 14.7 Å². The van der Waals surface area contributed by atoms with Crippen molar-refractivity contribution >= 4 is 33.6 Å². The third-order valence-corrected chi connectivity index (χ3v) is 5.93. The number of aromatic nitrogens is 1. The van der Waals surface area contributed by atoms with E-state index in [1.807, 2.05) is 26.0 Å². The van der Waals surface area contributed by atoms with Gasteiger partial charge in [-0.3, -0.25) is 9.78 Å². The van der Waals surface area contributed by atoms with Crippen molar-refractivity contribution in [3.8, 4) is 11.5 Å². The predicted octanol–water partition coefficient (Wildman–Crippen LogP) is 6.09. The number of nitrogens with zero attached hydrogens (tertiary/aromatic N) is 1. The lowest BCUT2D eigenvalue weighted by Crippen LogP contribution is -2.13. The molecular formula is C27H22N2O5. The fourth-order valence-corrected chi connectivity index (χ4v) is 4.23. The van der Waals surface area contributed by atoms with Gasteiger partial charge in [-0.1, -0.05) is 18.2 Å². The lowest BCUT2D eigenvalue weighted by Gasteiger charge is -2.19. The molecule has 3 heterocycles. The number of carboxylic acid groups (broad SMARTS) is 1. The van der Waals surface area contributed by atoms with E-state index in [0.29, 0.717) is 39.3 Å². The Morgan fingerprint density at radius 3 is 2.65 bits per heavy atom. The van der Waals surface area contributed by atoms with Crippen molar-refractivity contribution < 1.29 is 18.7 Å².